The first-order valence-electron chi connectivity index (χ1n) is 5.61. The summed E-state index contributed by atoms with van der Waals surface area (Å²) < 4.78 is 26.3. The number of nitrogens with one attached hydrogen (secondary N) is 1. The number of benzene rings is 2. The lowest BCUT2D eigenvalue weighted by Gasteiger charge is -2.09. The van der Waals surface area contributed by atoms with E-state index < -0.39 is 11.6 Å². The number of rotatable bonds is 3. The van der Waals surface area contributed by atoms with Crippen molar-refractivity contribution < 1.29 is 8.78 Å². The van der Waals surface area contributed by atoms with Crippen molar-refractivity contribution in [2.24, 2.45) is 0 Å². The lowest BCUT2D eigenvalue weighted by atomic mass is 10.0. The summed E-state index contributed by atoms with van der Waals surface area (Å²) in [5.74, 6) is -1.92. The molecule has 0 aliphatic heterocycles. The monoisotopic (exact) mass is 301 g/mol. The number of hydrogen-bond acceptors (Lipinski definition) is 1. The molecule has 19 heavy (non-hydrogen) atoms. The highest BCUT2D eigenvalue weighted by atomic mass is 35.5. The zero-order chi connectivity index (χ0) is 14.0. The SMILES string of the molecule is CNCc1ccc(-c2cc(F)c(F)cc2Cl)c(Cl)c1. The van der Waals surface area contributed by atoms with E-state index in [0.717, 1.165) is 17.7 Å². The molecule has 0 heterocycles. The topological polar surface area (TPSA) is 12.0 Å². The largest absolute Gasteiger partial charge is 0.316 e. The Bertz CT molecular complexity index is 615. The Hall–Kier alpha value is -1.16. The van der Waals surface area contributed by atoms with Crippen LogP contribution in [0.3, 0.4) is 0 Å². The summed E-state index contributed by atoms with van der Waals surface area (Å²) in [5.41, 5.74) is 1.95. The molecule has 0 radical (unpaired) electrons. The van der Waals surface area contributed by atoms with Crippen LogP contribution in [-0.4, -0.2) is 7.05 Å². The Morgan fingerprint density at radius 2 is 1.58 bits per heavy atom. The Morgan fingerprint density at radius 1 is 0.947 bits per heavy atom. The van der Waals surface area contributed by atoms with Crippen LogP contribution in [0.2, 0.25) is 10.0 Å². The normalized spacial score (nSPS) is 10.8. The Balaban J connectivity index is 2.50. The third-order valence-corrected chi connectivity index (χ3v) is 3.34. The van der Waals surface area contributed by atoms with Crippen LogP contribution in [0, 0.1) is 11.6 Å². The molecule has 1 N–H and O–H groups in total. The molecule has 0 aromatic heterocycles. The minimum Gasteiger partial charge on any atom is -0.316 e. The van der Waals surface area contributed by atoms with Crippen LogP contribution in [-0.2, 0) is 6.54 Å². The maximum atomic E-state index is 13.3. The minimum atomic E-state index is -0.975. The number of halogens is 4. The van der Waals surface area contributed by atoms with Crippen LogP contribution in [0.25, 0.3) is 11.1 Å². The Kier molecular flexibility index (Phi) is 4.40. The van der Waals surface area contributed by atoms with Crippen molar-refractivity contribution in [2.45, 2.75) is 6.54 Å². The fraction of sp³-hybridized carbons (Fsp3) is 0.143. The molecule has 0 spiro atoms. The van der Waals surface area contributed by atoms with Gasteiger partial charge in [-0.05, 0) is 30.8 Å². The van der Waals surface area contributed by atoms with Crippen LogP contribution in [0.15, 0.2) is 30.3 Å². The smallest absolute Gasteiger partial charge is 0.160 e. The van der Waals surface area contributed by atoms with Gasteiger partial charge < -0.3 is 5.32 Å². The molecule has 0 unspecified atom stereocenters. The van der Waals surface area contributed by atoms with Gasteiger partial charge in [-0.2, -0.15) is 0 Å². The highest BCUT2D eigenvalue weighted by Crippen LogP contribution is 2.35. The molecule has 0 saturated carbocycles. The van der Waals surface area contributed by atoms with Crippen molar-refractivity contribution in [3.8, 4) is 11.1 Å². The van der Waals surface area contributed by atoms with Crippen molar-refractivity contribution in [3.05, 3.63) is 57.6 Å². The van der Waals surface area contributed by atoms with Crippen molar-refractivity contribution >= 4 is 23.2 Å². The fourth-order valence-electron chi connectivity index (χ4n) is 1.82. The van der Waals surface area contributed by atoms with Crippen molar-refractivity contribution in [3.63, 3.8) is 0 Å². The minimum absolute atomic E-state index is 0.127. The van der Waals surface area contributed by atoms with E-state index in [-0.39, 0.29) is 5.02 Å². The average Bonchev–Trinajstić information content (AvgIpc) is 2.35. The van der Waals surface area contributed by atoms with E-state index >= 15 is 0 Å². The van der Waals surface area contributed by atoms with Gasteiger partial charge >= 0.3 is 0 Å². The summed E-state index contributed by atoms with van der Waals surface area (Å²) in [6.45, 7) is 0.672. The molecule has 0 aliphatic carbocycles. The third kappa shape index (κ3) is 3.06. The van der Waals surface area contributed by atoms with Crippen LogP contribution in [0.4, 0.5) is 8.78 Å². The molecule has 5 heteroatoms. The molecule has 0 amide bonds. The van der Waals surface area contributed by atoms with E-state index in [9.17, 15) is 8.78 Å². The van der Waals surface area contributed by atoms with E-state index in [4.69, 9.17) is 23.2 Å². The molecular formula is C14H11Cl2F2N. The van der Waals surface area contributed by atoms with E-state index in [0.29, 0.717) is 22.7 Å². The second kappa shape index (κ2) is 5.87. The maximum Gasteiger partial charge on any atom is 0.160 e. The molecule has 0 saturated heterocycles. The van der Waals surface area contributed by atoms with Gasteiger partial charge in [-0.15, -0.1) is 0 Å². The van der Waals surface area contributed by atoms with Crippen LogP contribution < -0.4 is 5.32 Å². The van der Waals surface area contributed by atoms with Crippen molar-refractivity contribution in [1.82, 2.24) is 5.32 Å². The van der Waals surface area contributed by atoms with Gasteiger partial charge in [0.1, 0.15) is 0 Å². The fourth-order valence-corrected chi connectivity index (χ4v) is 2.38. The summed E-state index contributed by atoms with van der Waals surface area (Å²) >= 11 is 12.1. The molecule has 100 valence electrons. The molecular weight excluding hydrogens is 291 g/mol. The lowest BCUT2D eigenvalue weighted by molar-refractivity contribution is 0.509. The van der Waals surface area contributed by atoms with Crippen LogP contribution >= 0.6 is 23.2 Å². The van der Waals surface area contributed by atoms with E-state index in [1.165, 1.54) is 0 Å². The first-order chi connectivity index (χ1) is 9.02. The predicted molar refractivity (Wildman–Crippen MR) is 74.6 cm³/mol. The third-order valence-electron chi connectivity index (χ3n) is 2.71. The number of hydrogen-bond donors (Lipinski definition) is 1. The highest BCUT2D eigenvalue weighted by molar-refractivity contribution is 6.36. The zero-order valence-corrected chi connectivity index (χ0v) is 11.6. The second-order valence-corrected chi connectivity index (χ2v) is 4.91. The summed E-state index contributed by atoms with van der Waals surface area (Å²) in [4.78, 5) is 0. The van der Waals surface area contributed by atoms with Gasteiger partial charge in [0.25, 0.3) is 0 Å². The zero-order valence-electron chi connectivity index (χ0n) is 10.1. The van der Waals surface area contributed by atoms with Gasteiger partial charge in [0.15, 0.2) is 11.6 Å². The van der Waals surface area contributed by atoms with Crippen LogP contribution in [0.1, 0.15) is 5.56 Å². The average molecular weight is 302 g/mol. The summed E-state index contributed by atoms with van der Waals surface area (Å²) in [5, 5.41) is 3.58. The quantitative estimate of drug-likeness (QED) is 0.813. The van der Waals surface area contributed by atoms with E-state index in [2.05, 4.69) is 5.32 Å². The molecule has 0 atom stereocenters. The van der Waals surface area contributed by atoms with E-state index in [1.54, 1.807) is 12.1 Å². The maximum absolute atomic E-state index is 13.3. The predicted octanol–water partition coefficient (Wildman–Crippen LogP) is 4.66. The van der Waals surface area contributed by atoms with E-state index in [1.807, 2.05) is 13.1 Å². The van der Waals surface area contributed by atoms with Gasteiger partial charge in [0, 0.05) is 22.7 Å². The Labute approximate surface area is 120 Å². The molecule has 2 aromatic carbocycles. The van der Waals surface area contributed by atoms with Gasteiger partial charge in [0.2, 0.25) is 0 Å². The lowest BCUT2D eigenvalue weighted by Crippen LogP contribution is -2.04. The molecule has 1 nitrogen and oxygen atoms in total. The Morgan fingerprint density at radius 3 is 2.21 bits per heavy atom. The summed E-state index contributed by atoms with van der Waals surface area (Å²) in [7, 11) is 1.83. The second-order valence-electron chi connectivity index (χ2n) is 4.09. The molecule has 2 rings (SSSR count). The molecule has 0 fully saturated rings. The standard InChI is InChI=1S/C14H11Cl2F2N/c1-19-7-8-2-3-9(11(15)4-8)10-5-13(17)14(18)6-12(10)16/h2-6,19H,7H2,1H3. The van der Waals surface area contributed by atoms with Gasteiger partial charge in [-0.3, -0.25) is 0 Å². The first kappa shape index (κ1) is 14.3. The first-order valence-corrected chi connectivity index (χ1v) is 6.36. The highest BCUT2D eigenvalue weighted by Gasteiger charge is 2.13. The van der Waals surface area contributed by atoms with Gasteiger partial charge in [-0.1, -0.05) is 35.3 Å². The summed E-state index contributed by atoms with van der Waals surface area (Å²) in [6.07, 6.45) is 0. The van der Waals surface area contributed by atoms with Crippen molar-refractivity contribution in [1.29, 1.82) is 0 Å². The summed E-state index contributed by atoms with van der Waals surface area (Å²) in [6, 6.07) is 7.37. The van der Waals surface area contributed by atoms with Gasteiger partial charge in [0.05, 0.1) is 5.02 Å². The van der Waals surface area contributed by atoms with Crippen LogP contribution in [0.5, 0.6) is 0 Å². The molecule has 0 aliphatic rings. The van der Waals surface area contributed by atoms with Gasteiger partial charge in [-0.25, -0.2) is 8.78 Å². The van der Waals surface area contributed by atoms with Crippen molar-refractivity contribution in [2.75, 3.05) is 7.05 Å². The molecule has 0 bridgehead atoms. The molecule has 2 aromatic rings.